The molecule has 0 aromatic carbocycles. The van der Waals surface area contributed by atoms with Gasteiger partial charge in [-0.2, -0.15) is 0 Å². The van der Waals surface area contributed by atoms with Crippen molar-refractivity contribution in [2.75, 3.05) is 0 Å². The molecule has 0 radical (unpaired) electrons. The molecule has 10 heteroatoms. The highest BCUT2D eigenvalue weighted by Crippen LogP contribution is 2.25. The van der Waals surface area contributed by atoms with Crippen LogP contribution in [0.25, 0.3) is 22.6 Å². The van der Waals surface area contributed by atoms with Gasteiger partial charge in [0.05, 0.1) is 10.4 Å². The second kappa shape index (κ2) is 4.98. The second-order valence-corrected chi connectivity index (χ2v) is 5.15. The first-order valence-electron chi connectivity index (χ1n) is 7.16. The van der Waals surface area contributed by atoms with Crippen molar-refractivity contribution >= 4 is 22.5 Å². The molecule has 4 aromatic rings. The Morgan fingerprint density at radius 1 is 1.38 bits per heavy atom. The maximum atomic E-state index is 12.2. The van der Waals surface area contributed by atoms with Gasteiger partial charge in [-0.15, -0.1) is 0 Å². The normalized spacial score (nSPS) is 11.4. The lowest BCUT2D eigenvalue weighted by atomic mass is 10.3. The summed E-state index contributed by atoms with van der Waals surface area (Å²) < 4.78 is 3.08. The van der Waals surface area contributed by atoms with Crippen molar-refractivity contribution in [2.45, 2.75) is 13.3 Å². The first kappa shape index (κ1) is 14.1. The number of nitrogens with one attached hydrogen (secondary N) is 1. The third-order valence-corrected chi connectivity index (χ3v) is 3.77. The summed E-state index contributed by atoms with van der Waals surface area (Å²) in [5, 5.41) is 11.4. The summed E-state index contributed by atoms with van der Waals surface area (Å²) >= 11 is 0. The van der Waals surface area contributed by atoms with Gasteiger partial charge in [0.2, 0.25) is 11.5 Å². The fourth-order valence-electron chi connectivity index (χ4n) is 2.67. The zero-order valence-corrected chi connectivity index (χ0v) is 12.5. The van der Waals surface area contributed by atoms with E-state index in [-0.39, 0.29) is 22.7 Å². The fraction of sp³-hybridized carbons (Fsp3) is 0.143. The van der Waals surface area contributed by atoms with Crippen LogP contribution in [-0.2, 0) is 6.42 Å². The maximum absolute atomic E-state index is 12.2. The smallest absolute Gasteiger partial charge is 0.314 e. The molecule has 0 aliphatic heterocycles. The molecule has 4 aromatic heterocycles. The number of hydrogen-bond donors (Lipinski definition) is 1. The molecule has 10 nitrogen and oxygen atoms in total. The summed E-state index contributed by atoms with van der Waals surface area (Å²) in [6, 6.07) is 1.30. The number of nitro groups is 1. The molecule has 0 amide bonds. The molecular weight excluding hydrogens is 314 g/mol. The fourth-order valence-corrected chi connectivity index (χ4v) is 2.67. The quantitative estimate of drug-likeness (QED) is 0.446. The SMILES string of the molecule is CCc1cnc2c(=O)[nH]c3cc([N+](=O)[O-])c(-n4ccnc4)nc3n12. The van der Waals surface area contributed by atoms with E-state index in [2.05, 4.69) is 19.9 Å². The van der Waals surface area contributed by atoms with Crippen molar-refractivity contribution in [1.29, 1.82) is 0 Å². The standard InChI is InChI=1S/C14H11N7O3/c1-2-8-6-16-13-14(22)17-9-5-10(21(23)24)12(18-11(9)20(8)13)19-4-3-15-7-19/h3-7H,2H2,1H3,(H,17,22). The van der Waals surface area contributed by atoms with Crippen LogP contribution < -0.4 is 5.56 Å². The Morgan fingerprint density at radius 3 is 2.88 bits per heavy atom. The Bertz CT molecular complexity index is 1140. The van der Waals surface area contributed by atoms with Gasteiger partial charge in [-0.1, -0.05) is 6.92 Å². The number of nitrogens with zero attached hydrogens (tertiary/aromatic N) is 6. The number of H-pyrrole nitrogens is 1. The van der Waals surface area contributed by atoms with Crippen LogP contribution in [0.1, 0.15) is 12.6 Å². The van der Waals surface area contributed by atoms with Gasteiger partial charge < -0.3 is 4.98 Å². The Labute approximate surface area is 133 Å². The molecule has 0 spiro atoms. The Kier molecular flexibility index (Phi) is 2.92. The second-order valence-electron chi connectivity index (χ2n) is 5.15. The lowest BCUT2D eigenvalue weighted by Gasteiger charge is -2.08. The van der Waals surface area contributed by atoms with Crippen molar-refractivity contribution in [1.82, 2.24) is 28.9 Å². The minimum absolute atomic E-state index is 0.120. The Balaban J connectivity index is 2.20. The van der Waals surface area contributed by atoms with Crippen LogP contribution in [0.3, 0.4) is 0 Å². The molecule has 0 aliphatic carbocycles. The first-order chi connectivity index (χ1) is 11.6. The molecular formula is C14H11N7O3. The van der Waals surface area contributed by atoms with Crippen LogP contribution in [0.2, 0.25) is 0 Å². The van der Waals surface area contributed by atoms with E-state index in [1.165, 1.54) is 23.2 Å². The van der Waals surface area contributed by atoms with E-state index in [1.54, 1.807) is 16.8 Å². The number of aromatic nitrogens is 6. The van der Waals surface area contributed by atoms with Gasteiger partial charge >= 0.3 is 5.69 Å². The van der Waals surface area contributed by atoms with Gasteiger partial charge in [-0.3, -0.25) is 23.9 Å². The summed E-state index contributed by atoms with van der Waals surface area (Å²) in [5.74, 6) is 0.120. The zero-order chi connectivity index (χ0) is 16.8. The number of fused-ring (bicyclic) bond motifs is 3. The van der Waals surface area contributed by atoms with Crippen LogP contribution >= 0.6 is 0 Å². The number of aryl methyl sites for hydroxylation is 1. The van der Waals surface area contributed by atoms with Crippen LogP contribution in [0.5, 0.6) is 0 Å². The minimum atomic E-state index is -0.543. The monoisotopic (exact) mass is 325 g/mol. The molecule has 0 bridgehead atoms. The maximum Gasteiger partial charge on any atom is 0.314 e. The Hall–Kier alpha value is -3.56. The molecule has 24 heavy (non-hydrogen) atoms. The van der Waals surface area contributed by atoms with Crippen molar-refractivity contribution < 1.29 is 4.92 Å². The average molecular weight is 325 g/mol. The van der Waals surface area contributed by atoms with Gasteiger partial charge in [0.1, 0.15) is 6.33 Å². The van der Waals surface area contributed by atoms with Crippen LogP contribution in [0, 0.1) is 10.1 Å². The number of hydrogen-bond acceptors (Lipinski definition) is 6. The highest BCUT2D eigenvalue weighted by Gasteiger charge is 2.21. The summed E-state index contributed by atoms with van der Waals surface area (Å²) in [5.41, 5.74) is 1.02. The van der Waals surface area contributed by atoms with Gasteiger partial charge in [-0.25, -0.2) is 15.0 Å². The number of aromatic amines is 1. The van der Waals surface area contributed by atoms with E-state index in [0.717, 1.165) is 5.69 Å². The topological polar surface area (TPSA) is 124 Å². The molecule has 0 saturated carbocycles. The summed E-state index contributed by atoms with van der Waals surface area (Å²) in [6.07, 6.45) is 6.74. The number of pyridine rings is 1. The van der Waals surface area contributed by atoms with E-state index in [0.29, 0.717) is 12.1 Å². The largest absolute Gasteiger partial charge is 0.316 e. The van der Waals surface area contributed by atoms with Gasteiger partial charge in [-0.05, 0) is 6.42 Å². The first-order valence-corrected chi connectivity index (χ1v) is 7.16. The van der Waals surface area contributed by atoms with Gasteiger partial charge in [0.15, 0.2) is 5.65 Å². The highest BCUT2D eigenvalue weighted by atomic mass is 16.6. The molecule has 0 saturated heterocycles. The molecule has 4 rings (SSSR count). The van der Waals surface area contributed by atoms with E-state index in [9.17, 15) is 14.9 Å². The van der Waals surface area contributed by atoms with Crippen molar-refractivity contribution in [2.24, 2.45) is 0 Å². The van der Waals surface area contributed by atoms with E-state index in [1.807, 2.05) is 6.92 Å². The minimum Gasteiger partial charge on any atom is -0.316 e. The molecule has 0 atom stereocenters. The third kappa shape index (κ3) is 1.89. The zero-order valence-electron chi connectivity index (χ0n) is 12.5. The predicted octanol–water partition coefficient (Wildman–Crippen LogP) is 1.23. The van der Waals surface area contributed by atoms with E-state index < -0.39 is 10.5 Å². The summed E-state index contributed by atoms with van der Waals surface area (Å²) in [4.78, 5) is 38.1. The molecule has 0 fully saturated rings. The van der Waals surface area contributed by atoms with Crippen LogP contribution in [-0.4, -0.2) is 33.8 Å². The number of imidazole rings is 2. The van der Waals surface area contributed by atoms with Crippen LogP contribution in [0.4, 0.5) is 5.69 Å². The van der Waals surface area contributed by atoms with E-state index >= 15 is 0 Å². The van der Waals surface area contributed by atoms with Crippen LogP contribution in [0.15, 0.2) is 35.8 Å². The average Bonchev–Trinajstić information content (AvgIpc) is 3.23. The van der Waals surface area contributed by atoms with Crippen molar-refractivity contribution in [3.05, 3.63) is 57.1 Å². The van der Waals surface area contributed by atoms with Gasteiger partial charge in [0.25, 0.3) is 5.56 Å². The predicted molar refractivity (Wildman–Crippen MR) is 84.3 cm³/mol. The summed E-state index contributed by atoms with van der Waals surface area (Å²) in [6.45, 7) is 1.93. The van der Waals surface area contributed by atoms with Crippen molar-refractivity contribution in [3.63, 3.8) is 0 Å². The molecule has 4 heterocycles. The van der Waals surface area contributed by atoms with Crippen molar-refractivity contribution in [3.8, 4) is 5.82 Å². The van der Waals surface area contributed by atoms with E-state index in [4.69, 9.17) is 0 Å². The lowest BCUT2D eigenvalue weighted by Crippen LogP contribution is -2.14. The van der Waals surface area contributed by atoms with Gasteiger partial charge in [0, 0.05) is 30.4 Å². The molecule has 120 valence electrons. The Morgan fingerprint density at radius 2 is 2.21 bits per heavy atom. The highest BCUT2D eigenvalue weighted by molar-refractivity contribution is 5.78. The lowest BCUT2D eigenvalue weighted by molar-refractivity contribution is -0.384. The molecule has 0 unspecified atom stereocenters. The molecule has 1 N–H and O–H groups in total. The summed E-state index contributed by atoms with van der Waals surface area (Å²) in [7, 11) is 0. The third-order valence-electron chi connectivity index (χ3n) is 3.77. The number of rotatable bonds is 3. The molecule has 0 aliphatic rings.